The molecule has 19 heavy (non-hydrogen) atoms. The molecule has 1 aliphatic rings. The van der Waals surface area contributed by atoms with Crippen LogP contribution >= 0.6 is 0 Å². The van der Waals surface area contributed by atoms with Crippen molar-refractivity contribution in [1.29, 1.82) is 0 Å². The summed E-state index contributed by atoms with van der Waals surface area (Å²) in [5.41, 5.74) is -1.02. The van der Waals surface area contributed by atoms with Gasteiger partial charge in [0, 0.05) is 5.56 Å². The van der Waals surface area contributed by atoms with Crippen LogP contribution in [-0.2, 0) is 4.74 Å². The van der Waals surface area contributed by atoms with E-state index >= 15 is 0 Å². The summed E-state index contributed by atoms with van der Waals surface area (Å²) in [6.07, 6.45) is -1.02. The summed E-state index contributed by atoms with van der Waals surface area (Å²) in [5, 5.41) is 9.68. The van der Waals surface area contributed by atoms with Crippen molar-refractivity contribution in [2.24, 2.45) is 0 Å². The molecular weight excluding hydrogens is 252 g/mol. The van der Waals surface area contributed by atoms with Gasteiger partial charge in [0.25, 0.3) is 5.56 Å². The molecule has 0 aliphatic carbocycles. The van der Waals surface area contributed by atoms with Crippen molar-refractivity contribution < 1.29 is 14.6 Å². The molecule has 1 aromatic carbocycles. The van der Waals surface area contributed by atoms with Crippen molar-refractivity contribution in [2.75, 3.05) is 0 Å². The molecule has 3 rings (SSSR count). The highest BCUT2D eigenvalue weighted by Crippen LogP contribution is 2.36. The van der Waals surface area contributed by atoms with Crippen LogP contribution in [0.2, 0.25) is 0 Å². The molecule has 0 saturated carbocycles. The Bertz CT molecular complexity index is 789. The topological polar surface area (TPSA) is 112 Å². The third kappa shape index (κ3) is 1.63. The Kier molecular flexibility index (Phi) is 2.28. The smallest absolute Gasteiger partial charge is 0.339 e. The van der Waals surface area contributed by atoms with Gasteiger partial charge in [-0.25, -0.2) is 9.59 Å². The summed E-state index contributed by atoms with van der Waals surface area (Å²) in [5.74, 6) is -1.19. The number of aromatic nitrogens is 2. The van der Waals surface area contributed by atoms with Crippen molar-refractivity contribution >= 4 is 5.97 Å². The van der Waals surface area contributed by atoms with Gasteiger partial charge >= 0.3 is 11.7 Å². The van der Waals surface area contributed by atoms with E-state index in [-0.39, 0.29) is 5.56 Å². The number of carbonyl (C=O) groups is 1. The molecule has 0 bridgehead atoms. The van der Waals surface area contributed by atoms with Crippen LogP contribution in [0.5, 0.6) is 5.88 Å². The Morgan fingerprint density at radius 1 is 1.11 bits per heavy atom. The van der Waals surface area contributed by atoms with E-state index in [0.717, 1.165) is 0 Å². The molecule has 7 nitrogen and oxygen atoms in total. The van der Waals surface area contributed by atoms with E-state index in [2.05, 4.69) is 4.98 Å². The average molecular weight is 260 g/mol. The zero-order chi connectivity index (χ0) is 13.6. The van der Waals surface area contributed by atoms with Gasteiger partial charge < -0.3 is 9.84 Å². The zero-order valence-corrected chi connectivity index (χ0v) is 9.47. The monoisotopic (exact) mass is 260 g/mol. The van der Waals surface area contributed by atoms with Crippen LogP contribution in [0.1, 0.15) is 27.6 Å². The van der Waals surface area contributed by atoms with Gasteiger partial charge in [-0.3, -0.25) is 14.8 Å². The molecule has 3 N–H and O–H groups in total. The molecule has 0 saturated heterocycles. The maximum Gasteiger partial charge on any atom is 0.339 e. The minimum Gasteiger partial charge on any atom is -0.494 e. The summed E-state index contributed by atoms with van der Waals surface area (Å²) < 4.78 is 5.08. The van der Waals surface area contributed by atoms with Crippen LogP contribution in [0.3, 0.4) is 0 Å². The fraction of sp³-hybridized carbons (Fsp3) is 0.0833. The number of esters is 1. The molecule has 2 heterocycles. The highest BCUT2D eigenvalue weighted by molar-refractivity contribution is 5.94. The highest BCUT2D eigenvalue weighted by Gasteiger charge is 2.35. The average Bonchev–Trinajstić information content (AvgIpc) is 2.67. The van der Waals surface area contributed by atoms with Crippen LogP contribution in [0.25, 0.3) is 0 Å². The predicted octanol–water partition coefficient (Wildman–Crippen LogP) is 0.0286. The van der Waals surface area contributed by atoms with Crippen molar-refractivity contribution in [3.8, 4) is 5.88 Å². The number of aromatic hydroxyl groups is 1. The molecule has 96 valence electrons. The summed E-state index contributed by atoms with van der Waals surface area (Å²) >= 11 is 0. The standard InChI is InChI=1S/C12H8N2O5/c15-9-7(10(16)14-12(18)13-9)8-5-3-1-2-4-6(5)11(17)19-8/h1-4,8H,(H3,13,14,15,16,18). The van der Waals surface area contributed by atoms with E-state index in [0.29, 0.717) is 11.1 Å². The van der Waals surface area contributed by atoms with Gasteiger partial charge in [0.05, 0.1) is 5.56 Å². The number of fused-ring (bicyclic) bond motifs is 1. The second-order valence-corrected chi connectivity index (χ2v) is 4.04. The first-order chi connectivity index (χ1) is 9.08. The first kappa shape index (κ1) is 11.3. The number of rotatable bonds is 1. The summed E-state index contributed by atoms with van der Waals surface area (Å²) in [6.45, 7) is 0. The van der Waals surface area contributed by atoms with Crippen molar-refractivity contribution in [2.45, 2.75) is 6.10 Å². The van der Waals surface area contributed by atoms with Gasteiger partial charge in [-0.1, -0.05) is 18.2 Å². The van der Waals surface area contributed by atoms with Crippen molar-refractivity contribution in [3.05, 3.63) is 61.8 Å². The summed E-state index contributed by atoms with van der Waals surface area (Å²) in [7, 11) is 0. The largest absolute Gasteiger partial charge is 0.494 e. The molecule has 1 atom stereocenters. The predicted molar refractivity (Wildman–Crippen MR) is 63.0 cm³/mol. The van der Waals surface area contributed by atoms with Gasteiger partial charge in [-0.2, -0.15) is 0 Å². The van der Waals surface area contributed by atoms with Gasteiger partial charge in [0.15, 0.2) is 6.10 Å². The minimum atomic E-state index is -1.02. The lowest BCUT2D eigenvalue weighted by Gasteiger charge is -2.10. The van der Waals surface area contributed by atoms with Crippen LogP contribution in [0, 0.1) is 0 Å². The minimum absolute atomic E-state index is 0.196. The Labute approximate surface area is 105 Å². The van der Waals surface area contributed by atoms with E-state index in [1.165, 1.54) is 0 Å². The number of ether oxygens (including phenoxy) is 1. The lowest BCUT2D eigenvalue weighted by molar-refractivity contribution is 0.0450. The first-order valence-electron chi connectivity index (χ1n) is 5.43. The van der Waals surface area contributed by atoms with Crippen molar-refractivity contribution in [1.82, 2.24) is 9.97 Å². The first-order valence-corrected chi connectivity index (χ1v) is 5.43. The second kappa shape index (κ2) is 3.84. The number of cyclic esters (lactones) is 1. The van der Waals surface area contributed by atoms with Crippen molar-refractivity contribution in [3.63, 3.8) is 0 Å². The number of benzene rings is 1. The lowest BCUT2D eigenvalue weighted by atomic mass is 10.0. The molecule has 0 spiro atoms. The quantitative estimate of drug-likeness (QED) is 0.626. The molecule has 0 fully saturated rings. The Morgan fingerprint density at radius 2 is 1.84 bits per heavy atom. The fourth-order valence-electron chi connectivity index (χ4n) is 2.09. The number of nitrogens with one attached hydrogen (secondary N) is 2. The van der Waals surface area contributed by atoms with Crippen LogP contribution in [0.15, 0.2) is 33.9 Å². The third-order valence-electron chi connectivity index (χ3n) is 2.91. The van der Waals surface area contributed by atoms with Gasteiger partial charge in [-0.15, -0.1) is 0 Å². The molecule has 1 aliphatic heterocycles. The molecule has 0 amide bonds. The zero-order valence-electron chi connectivity index (χ0n) is 9.47. The number of aromatic amines is 2. The van der Waals surface area contributed by atoms with Gasteiger partial charge in [-0.05, 0) is 6.07 Å². The summed E-state index contributed by atoms with van der Waals surface area (Å²) in [4.78, 5) is 38.4. The van der Waals surface area contributed by atoms with E-state index in [1.54, 1.807) is 24.3 Å². The Morgan fingerprint density at radius 3 is 2.58 bits per heavy atom. The third-order valence-corrected chi connectivity index (χ3v) is 2.91. The molecule has 2 aromatic rings. The molecule has 1 aromatic heterocycles. The number of hydrogen-bond donors (Lipinski definition) is 3. The van der Waals surface area contributed by atoms with Crippen LogP contribution < -0.4 is 11.2 Å². The normalized spacial score (nSPS) is 17.1. The van der Waals surface area contributed by atoms with E-state index < -0.39 is 29.2 Å². The molecular formula is C12H8N2O5. The second-order valence-electron chi connectivity index (χ2n) is 4.04. The van der Waals surface area contributed by atoms with Gasteiger partial charge in [0.1, 0.15) is 5.56 Å². The number of hydrogen-bond acceptors (Lipinski definition) is 5. The van der Waals surface area contributed by atoms with Crippen LogP contribution in [0.4, 0.5) is 0 Å². The van der Waals surface area contributed by atoms with E-state index in [1.807, 2.05) is 4.98 Å². The Balaban J connectivity index is 2.24. The SMILES string of the molecule is O=C1OC(c2c(O)[nH]c(=O)[nH]c2=O)c2ccccc21. The highest BCUT2D eigenvalue weighted by atomic mass is 16.5. The number of H-pyrrole nitrogens is 2. The maximum absolute atomic E-state index is 11.7. The molecule has 7 heteroatoms. The molecule has 1 unspecified atom stereocenters. The number of carbonyl (C=O) groups excluding carboxylic acids is 1. The van der Waals surface area contributed by atoms with E-state index in [9.17, 15) is 19.5 Å². The van der Waals surface area contributed by atoms with Crippen LogP contribution in [-0.4, -0.2) is 21.0 Å². The fourth-order valence-corrected chi connectivity index (χ4v) is 2.09. The van der Waals surface area contributed by atoms with Gasteiger partial charge in [0.2, 0.25) is 5.88 Å². The lowest BCUT2D eigenvalue weighted by Crippen LogP contribution is -2.27. The summed E-state index contributed by atoms with van der Waals surface area (Å²) in [6, 6.07) is 6.54. The molecule has 0 radical (unpaired) electrons. The van der Waals surface area contributed by atoms with E-state index in [4.69, 9.17) is 4.74 Å². The maximum atomic E-state index is 11.7. The Hall–Kier alpha value is -2.83.